The van der Waals surface area contributed by atoms with Crippen LogP contribution in [0.3, 0.4) is 0 Å². The highest BCUT2D eigenvalue weighted by Crippen LogP contribution is 2.27. The molecule has 1 aromatic rings. The van der Waals surface area contributed by atoms with Crippen LogP contribution in [0.1, 0.15) is 30.0 Å². The van der Waals surface area contributed by atoms with Gasteiger partial charge in [-0.2, -0.15) is 0 Å². The smallest absolute Gasteiger partial charge is 0.303 e. The van der Waals surface area contributed by atoms with Crippen molar-refractivity contribution in [3.8, 4) is 0 Å². The minimum atomic E-state index is -0.719. The lowest BCUT2D eigenvalue weighted by molar-refractivity contribution is -0.136. The van der Waals surface area contributed by atoms with Crippen molar-refractivity contribution in [2.75, 3.05) is 0 Å². The zero-order chi connectivity index (χ0) is 10.8. The Balaban J connectivity index is 2.09. The zero-order valence-electron chi connectivity index (χ0n) is 8.99. The summed E-state index contributed by atoms with van der Waals surface area (Å²) in [6, 6.07) is 6.41. The van der Waals surface area contributed by atoms with Crippen LogP contribution in [0.5, 0.6) is 0 Å². The van der Waals surface area contributed by atoms with E-state index in [0.29, 0.717) is 6.42 Å². The molecule has 1 aliphatic carbocycles. The van der Waals surface area contributed by atoms with Crippen LogP contribution in [0.2, 0.25) is 0 Å². The average molecular weight is 204 g/mol. The Kier molecular flexibility index (Phi) is 2.76. The van der Waals surface area contributed by atoms with Crippen LogP contribution in [0.15, 0.2) is 18.2 Å². The predicted octanol–water partition coefficient (Wildman–Crippen LogP) is 2.44. The van der Waals surface area contributed by atoms with E-state index in [2.05, 4.69) is 25.1 Å². The van der Waals surface area contributed by atoms with Gasteiger partial charge >= 0.3 is 5.97 Å². The molecule has 1 unspecified atom stereocenters. The summed E-state index contributed by atoms with van der Waals surface area (Å²) in [4.78, 5) is 10.5. The van der Waals surface area contributed by atoms with Crippen molar-refractivity contribution in [2.24, 2.45) is 5.92 Å². The summed E-state index contributed by atoms with van der Waals surface area (Å²) in [5.74, 6) is 0.0265. The maximum Gasteiger partial charge on any atom is 0.303 e. The summed E-state index contributed by atoms with van der Waals surface area (Å²) in [5.41, 5.74) is 4.03. The number of aryl methyl sites for hydroxylation is 1. The van der Waals surface area contributed by atoms with Crippen LogP contribution in [0.25, 0.3) is 0 Å². The Hall–Kier alpha value is -1.31. The first-order valence-electron chi connectivity index (χ1n) is 5.47. The van der Waals surface area contributed by atoms with Gasteiger partial charge < -0.3 is 5.11 Å². The van der Waals surface area contributed by atoms with Gasteiger partial charge in [0.05, 0.1) is 0 Å². The molecular weight excluding hydrogens is 188 g/mol. The third-order valence-electron chi connectivity index (χ3n) is 3.03. The number of carbonyl (C=O) groups is 1. The summed E-state index contributed by atoms with van der Waals surface area (Å²) in [5, 5.41) is 8.61. The molecule has 1 aromatic carbocycles. The molecule has 0 bridgehead atoms. The molecule has 0 saturated carbocycles. The van der Waals surface area contributed by atoms with Gasteiger partial charge in [0, 0.05) is 6.42 Å². The third-order valence-corrected chi connectivity index (χ3v) is 3.03. The summed E-state index contributed by atoms with van der Waals surface area (Å²) in [6.07, 6.45) is 3.20. The van der Waals surface area contributed by atoms with Gasteiger partial charge in [-0.05, 0) is 41.9 Å². The standard InChI is InChI=1S/C13H16O2/c1-9-6-11-4-2-10(3-5-13(14)15)8-12(11)7-9/h2,4,8-9H,3,5-7H2,1H3,(H,14,15). The Morgan fingerprint density at radius 3 is 2.87 bits per heavy atom. The monoisotopic (exact) mass is 204 g/mol. The van der Waals surface area contributed by atoms with Gasteiger partial charge in [-0.1, -0.05) is 25.1 Å². The molecule has 0 spiro atoms. The maximum absolute atomic E-state index is 10.5. The molecule has 0 aromatic heterocycles. The highest BCUT2D eigenvalue weighted by Gasteiger charge is 2.17. The number of carboxylic acid groups (broad SMARTS) is 1. The molecule has 1 aliphatic rings. The fraction of sp³-hybridized carbons (Fsp3) is 0.462. The number of benzene rings is 1. The van der Waals surface area contributed by atoms with Gasteiger partial charge in [-0.3, -0.25) is 4.79 Å². The molecule has 1 N–H and O–H groups in total. The SMILES string of the molecule is CC1Cc2ccc(CCC(=O)O)cc2C1. The van der Waals surface area contributed by atoms with E-state index >= 15 is 0 Å². The number of hydrogen-bond donors (Lipinski definition) is 1. The van der Waals surface area contributed by atoms with Crippen molar-refractivity contribution in [1.29, 1.82) is 0 Å². The fourth-order valence-corrected chi connectivity index (χ4v) is 2.30. The lowest BCUT2D eigenvalue weighted by atomic mass is 10.0. The average Bonchev–Trinajstić information content (AvgIpc) is 2.53. The van der Waals surface area contributed by atoms with Crippen LogP contribution in [0.4, 0.5) is 0 Å². The lowest BCUT2D eigenvalue weighted by Crippen LogP contribution is -1.98. The van der Waals surface area contributed by atoms with Gasteiger partial charge in [0.1, 0.15) is 0 Å². The van der Waals surface area contributed by atoms with Crippen molar-refractivity contribution < 1.29 is 9.90 Å². The minimum absolute atomic E-state index is 0.230. The molecule has 0 amide bonds. The fourth-order valence-electron chi connectivity index (χ4n) is 2.30. The summed E-state index contributed by atoms with van der Waals surface area (Å²) < 4.78 is 0. The minimum Gasteiger partial charge on any atom is -0.481 e. The molecule has 80 valence electrons. The molecule has 0 fully saturated rings. The second kappa shape index (κ2) is 4.05. The van der Waals surface area contributed by atoms with Crippen LogP contribution in [0, 0.1) is 5.92 Å². The number of hydrogen-bond acceptors (Lipinski definition) is 1. The second-order valence-corrected chi connectivity index (χ2v) is 4.51. The van der Waals surface area contributed by atoms with E-state index in [1.807, 2.05) is 0 Å². The first kappa shape index (κ1) is 10.2. The normalized spacial score (nSPS) is 18.9. The maximum atomic E-state index is 10.5. The van der Waals surface area contributed by atoms with E-state index < -0.39 is 5.97 Å². The molecule has 0 saturated heterocycles. The quantitative estimate of drug-likeness (QED) is 0.821. The van der Waals surface area contributed by atoms with Crippen molar-refractivity contribution in [3.63, 3.8) is 0 Å². The molecule has 0 radical (unpaired) electrons. The summed E-state index contributed by atoms with van der Waals surface area (Å²) in [6.45, 7) is 2.26. The van der Waals surface area contributed by atoms with Gasteiger partial charge in [0.2, 0.25) is 0 Å². The molecule has 15 heavy (non-hydrogen) atoms. The summed E-state index contributed by atoms with van der Waals surface area (Å²) in [7, 11) is 0. The van der Waals surface area contributed by atoms with Gasteiger partial charge in [0.25, 0.3) is 0 Å². The predicted molar refractivity (Wildman–Crippen MR) is 59.0 cm³/mol. The Labute approximate surface area is 89.9 Å². The Bertz CT molecular complexity index is 382. The number of fused-ring (bicyclic) bond motifs is 1. The number of rotatable bonds is 3. The molecule has 2 heteroatoms. The van der Waals surface area contributed by atoms with E-state index in [9.17, 15) is 4.79 Å². The topological polar surface area (TPSA) is 37.3 Å². The highest BCUT2D eigenvalue weighted by molar-refractivity contribution is 5.67. The van der Waals surface area contributed by atoms with Crippen molar-refractivity contribution in [1.82, 2.24) is 0 Å². The van der Waals surface area contributed by atoms with Gasteiger partial charge in [-0.15, -0.1) is 0 Å². The number of carboxylic acids is 1. The molecule has 1 atom stereocenters. The van der Waals surface area contributed by atoms with Crippen molar-refractivity contribution in [2.45, 2.75) is 32.6 Å². The van der Waals surface area contributed by atoms with E-state index in [-0.39, 0.29) is 6.42 Å². The van der Waals surface area contributed by atoms with Crippen LogP contribution >= 0.6 is 0 Å². The lowest BCUT2D eigenvalue weighted by Gasteiger charge is -2.03. The van der Waals surface area contributed by atoms with Gasteiger partial charge in [0.15, 0.2) is 0 Å². The highest BCUT2D eigenvalue weighted by atomic mass is 16.4. The molecule has 2 rings (SSSR count). The van der Waals surface area contributed by atoms with Gasteiger partial charge in [-0.25, -0.2) is 0 Å². The Morgan fingerprint density at radius 1 is 1.40 bits per heavy atom. The number of aliphatic carboxylic acids is 1. The molecule has 2 nitrogen and oxygen atoms in total. The third kappa shape index (κ3) is 2.38. The van der Waals surface area contributed by atoms with Crippen LogP contribution in [-0.2, 0) is 24.1 Å². The van der Waals surface area contributed by atoms with E-state index in [0.717, 1.165) is 17.9 Å². The largest absolute Gasteiger partial charge is 0.481 e. The molecule has 0 heterocycles. The summed E-state index contributed by atoms with van der Waals surface area (Å²) >= 11 is 0. The van der Waals surface area contributed by atoms with Crippen LogP contribution in [-0.4, -0.2) is 11.1 Å². The van der Waals surface area contributed by atoms with Crippen molar-refractivity contribution >= 4 is 5.97 Å². The Morgan fingerprint density at radius 2 is 2.13 bits per heavy atom. The van der Waals surface area contributed by atoms with E-state index in [4.69, 9.17) is 5.11 Å². The van der Waals surface area contributed by atoms with Crippen LogP contribution < -0.4 is 0 Å². The van der Waals surface area contributed by atoms with E-state index in [1.54, 1.807) is 0 Å². The molecule has 0 aliphatic heterocycles. The van der Waals surface area contributed by atoms with E-state index in [1.165, 1.54) is 17.5 Å². The second-order valence-electron chi connectivity index (χ2n) is 4.51. The first-order valence-corrected chi connectivity index (χ1v) is 5.47. The molecular formula is C13H16O2. The van der Waals surface area contributed by atoms with Crippen molar-refractivity contribution in [3.05, 3.63) is 34.9 Å². The first-order chi connectivity index (χ1) is 7.15. The zero-order valence-corrected chi connectivity index (χ0v) is 8.99.